The van der Waals surface area contributed by atoms with Gasteiger partial charge in [0.1, 0.15) is 11.6 Å². The molecule has 0 N–H and O–H groups in total. The van der Waals surface area contributed by atoms with Crippen molar-refractivity contribution in [3.63, 3.8) is 0 Å². The van der Waals surface area contributed by atoms with Gasteiger partial charge in [0, 0.05) is 17.0 Å². The van der Waals surface area contributed by atoms with Crippen LogP contribution in [0.1, 0.15) is 5.76 Å². The lowest BCUT2D eigenvalue weighted by Crippen LogP contribution is -2.23. The average Bonchev–Trinajstić information content (AvgIpc) is 3.40. The predicted molar refractivity (Wildman–Crippen MR) is 109 cm³/mol. The Morgan fingerprint density at radius 2 is 1.82 bits per heavy atom. The van der Waals surface area contributed by atoms with Gasteiger partial charge in [0.2, 0.25) is 0 Å². The Kier molecular flexibility index (Phi) is 5.12. The maximum atomic E-state index is 13.2. The summed E-state index contributed by atoms with van der Waals surface area (Å²) in [7, 11) is 0. The molecule has 0 radical (unpaired) electrons. The molecule has 6 heteroatoms. The Morgan fingerprint density at radius 1 is 1.04 bits per heavy atom. The fraction of sp³-hybridized carbons (Fsp3) is 0. The van der Waals surface area contributed by atoms with E-state index in [-0.39, 0.29) is 11.7 Å². The first-order valence-electron chi connectivity index (χ1n) is 8.53. The smallest absolute Gasteiger partial charge is 0.257 e. The zero-order valence-electron chi connectivity index (χ0n) is 14.7. The first kappa shape index (κ1) is 17.9. The number of nitrogens with zero attached hydrogens (tertiary/aromatic N) is 2. The molecule has 4 nitrogen and oxygen atoms in total. The largest absolute Gasteiger partial charge is 0.465 e. The van der Waals surface area contributed by atoms with Crippen LogP contribution in [0, 0.1) is 5.82 Å². The van der Waals surface area contributed by atoms with Crippen LogP contribution in [0.4, 0.5) is 15.2 Å². The number of para-hydroxylation sites is 1. The fourth-order valence-electron chi connectivity index (χ4n) is 2.64. The molecule has 0 saturated heterocycles. The number of carbonyl (C=O) groups excluding carboxylic acids is 1. The summed E-state index contributed by atoms with van der Waals surface area (Å²) in [6.45, 7) is 0. The van der Waals surface area contributed by atoms with E-state index in [4.69, 9.17) is 4.42 Å². The maximum absolute atomic E-state index is 13.2. The number of aromatic nitrogens is 1. The number of halogens is 1. The van der Waals surface area contributed by atoms with Gasteiger partial charge in [-0.25, -0.2) is 9.37 Å². The second-order valence-electron chi connectivity index (χ2n) is 5.88. The first-order valence-corrected chi connectivity index (χ1v) is 9.41. The number of rotatable bonds is 5. The molecule has 0 saturated carbocycles. The third kappa shape index (κ3) is 3.92. The summed E-state index contributed by atoms with van der Waals surface area (Å²) in [5.41, 5.74) is 2.18. The van der Waals surface area contributed by atoms with Crippen molar-refractivity contribution in [1.29, 1.82) is 0 Å². The van der Waals surface area contributed by atoms with Gasteiger partial charge < -0.3 is 4.42 Å². The highest BCUT2D eigenvalue weighted by Crippen LogP contribution is 2.32. The van der Waals surface area contributed by atoms with Gasteiger partial charge >= 0.3 is 0 Å². The quantitative estimate of drug-likeness (QED) is 0.397. The summed E-state index contributed by atoms with van der Waals surface area (Å²) in [6, 6.07) is 18.9. The van der Waals surface area contributed by atoms with Gasteiger partial charge in [-0.2, -0.15) is 0 Å². The third-order valence-corrected chi connectivity index (χ3v) is 4.82. The summed E-state index contributed by atoms with van der Waals surface area (Å²) in [5, 5.41) is 2.38. The Bertz CT molecular complexity index is 1090. The van der Waals surface area contributed by atoms with E-state index in [9.17, 15) is 9.18 Å². The SMILES string of the molecule is O=C(/C=C/c1ccco1)N(c1ccccc1)c1nc(-c2ccc(F)cc2)cs1. The van der Waals surface area contributed by atoms with Crippen molar-refractivity contribution in [3.05, 3.63) is 96.0 Å². The minimum atomic E-state index is -0.302. The van der Waals surface area contributed by atoms with Gasteiger partial charge in [0.05, 0.1) is 17.6 Å². The molecule has 0 unspecified atom stereocenters. The van der Waals surface area contributed by atoms with E-state index in [1.165, 1.54) is 34.4 Å². The topological polar surface area (TPSA) is 46.3 Å². The van der Waals surface area contributed by atoms with E-state index < -0.39 is 0 Å². The lowest BCUT2D eigenvalue weighted by molar-refractivity contribution is -0.113. The number of furan rings is 1. The van der Waals surface area contributed by atoms with Gasteiger partial charge in [-0.3, -0.25) is 9.69 Å². The fourth-order valence-corrected chi connectivity index (χ4v) is 3.50. The summed E-state index contributed by atoms with van der Waals surface area (Å²) in [6.07, 6.45) is 4.62. The van der Waals surface area contributed by atoms with Crippen molar-refractivity contribution in [2.75, 3.05) is 4.90 Å². The van der Waals surface area contributed by atoms with Crippen LogP contribution in [0.5, 0.6) is 0 Å². The van der Waals surface area contributed by atoms with E-state index in [1.54, 1.807) is 36.6 Å². The minimum Gasteiger partial charge on any atom is -0.465 e. The number of carbonyl (C=O) groups is 1. The lowest BCUT2D eigenvalue weighted by Gasteiger charge is -2.18. The van der Waals surface area contributed by atoms with Crippen molar-refractivity contribution in [1.82, 2.24) is 4.98 Å². The van der Waals surface area contributed by atoms with Crippen molar-refractivity contribution in [3.8, 4) is 11.3 Å². The van der Waals surface area contributed by atoms with Crippen LogP contribution in [0.3, 0.4) is 0 Å². The van der Waals surface area contributed by atoms with Gasteiger partial charge in [-0.15, -0.1) is 11.3 Å². The van der Waals surface area contributed by atoms with Crippen LogP contribution < -0.4 is 4.90 Å². The number of thiazole rings is 1. The van der Waals surface area contributed by atoms with Crippen molar-refractivity contribution in [2.45, 2.75) is 0 Å². The highest BCUT2D eigenvalue weighted by molar-refractivity contribution is 7.14. The lowest BCUT2D eigenvalue weighted by atomic mass is 10.2. The van der Waals surface area contributed by atoms with Crippen LogP contribution in [-0.2, 0) is 4.79 Å². The molecule has 0 aliphatic carbocycles. The third-order valence-electron chi connectivity index (χ3n) is 3.99. The molecule has 1 amide bonds. The summed E-state index contributed by atoms with van der Waals surface area (Å²) in [4.78, 5) is 19.1. The number of anilines is 2. The minimum absolute atomic E-state index is 0.248. The zero-order chi connectivity index (χ0) is 19.3. The number of hydrogen-bond acceptors (Lipinski definition) is 4. The molecule has 0 aliphatic heterocycles. The molecule has 4 aromatic rings. The van der Waals surface area contributed by atoms with Gasteiger partial charge in [0.15, 0.2) is 5.13 Å². The summed E-state index contributed by atoms with van der Waals surface area (Å²) in [5.74, 6) is 0.0402. The van der Waals surface area contributed by atoms with Crippen molar-refractivity contribution >= 4 is 34.1 Å². The monoisotopic (exact) mass is 390 g/mol. The number of amides is 1. The van der Waals surface area contributed by atoms with E-state index in [1.807, 2.05) is 35.7 Å². The van der Waals surface area contributed by atoms with E-state index in [2.05, 4.69) is 4.98 Å². The molecular formula is C22H15FN2O2S. The van der Waals surface area contributed by atoms with Crippen LogP contribution in [0.25, 0.3) is 17.3 Å². The average molecular weight is 390 g/mol. The van der Waals surface area contributed by atoms with E-state index in [0.717, 1.165) is 5.56 Å². The predicted octanol–water partition coefficient (Wildman–Crippen LogP) is 5.92. The molecular weight excluding hydrogens is 375 g/mol. The first-order chi connectivity index (χ1) is 13.7. The highest BCUT2D eigenvalue weighted by Gasteiger charge is 2.19. The zero-order valence-corrected chi connectivity index (χ0v) is 15.5. The summed E-state index contributed by atoms with van der Waals surface area (Å²) >= 11 is 1.35. The Morgan fingerprint density at radius 3 is 2.54 bits per heavy atom. The summed E-state index contributed by atoms with van der Waals surface area (Å²) < 4.78 is 18.4. The second-order valence-corrected chi connectivity index (χ2v) is 6.72. The number of hydrogen-bond donors (Lipinski definition) is 0. The second kappa shape index (κ2) is 8.02. The molecule has 28 heavy (non-hydrogen) atoms. The van der Waals surface area contributed by atoms with Crippen LogP contribution in [-0.4, -0.2) is 10.9 Å². The van der Waals surface area contributed by atoms with Crippen LogP contribution in [0.2, 0.25) is 0 Å². The van der Waals surface area contributed by atoms with Crippen molar-refractivity contribution < 1.29 is 13.6 Å². The van der Waals surface area contributed by atoms with Crippen LogP contribution in [0.15, 0.2) is 88.9 Å². The molecule has 138 valence electrons. The molecule has 0 atom stereocenters. The Hall–Kier alpha value is -3.51. The standard InChI is InChI=1S/C22H15FN2O2S/c23-17-10-8-16(9-11-17)20-15-28-22(24-20)25(18-5-2-1-3-6-18)21(26)13-12-19-7-4-14-27-19/h1-15H/b13-12+. The van der Waals surface area contributed by atoms with Gasteiger partial charge in [-0.05, 0) is 54.6 Å². The molecule has 2 aromatic carbocycles. The molecule has 0 aliphatic rings. The molecule has 4 rings (SSSR count). The molecule has 2 aromatic heterocycles. The molecule has 0 fully saturated rings. The normalized spacial score (nSPS) is 11.0. The molecule has 0 bridgehead atoms. The molecule has 2 heterocycles. The van der Waals surface area contributed by atoms with E-state index >= 15 is 0 Å². The van der Waals surface area contributed by atoms with E-state index in [0.29, 0.717) is 22.3 Å². The van der Waals surface area contributed by atoms with Gasteiger partial charge in [0.25, 0.3) is 5.91 Å². The Labute approximate surface area is 165 Å². The maximum Gasteiger partial charge on any atom is 0.257 e. The Balaban J connectivity index is 1.68. The highest BCUT2D eigenvalue weighted by atomic mass is 32.1. The van der Waals surface area contributed by atoms with Crippen LogP contribution >= 0.6 is 11.3 Å². The number of benzene rings is 2. The van der Waals surface area contributed by atoms with Gasteiger partial charge in [-0.1, -0.05) is 18.2 Å². The van der Waals surface area contributed by atoms with Crippen molar-refractivity contribution in [2.24, 2.45) is 0 Å². The molecule has 0 spiro atoms.